The zero-order valence-corrected chi connectivity index (χ0v) is 6.71. The summed E-state index contributed by atoms with van der Waals surface area (Å²) in [5, 5.41) is 5.11. The molecule has 0 N–H and O–H groups in total. The highest BCUT2D eigenvalue weighted by Crippen LogP contribution is 2.19. The average Bonchev–Trinajstić information content (AvgIpc) is 1.88. The Morgan fingerprint density at radius 2 is 2.78 bits per heavy atom. The van der Waals surface area contributed by atoms with E-state index in [0.717, 1.165) is 5.04 Å². The van der Waals surface area contributed by atoms with E-state index < -0.39 is 0 Å². The van der Waals surface area contributed by atoms with Gasteiger partial charge in [0.2, 0.25) is 0 Å². The van der Waals surface area contributed by atoms with Gasteiger partial charge in [-0.3, -0.25) is 0 Å². The first-order chi connectivity index (χ1) is 4.33. The summed E-state index contributed by atoms with van der Waals surface area (Å²) < 4.78 is 0. The molecule has 1 atom stereocenters. The van der Waals surface area contributed by atoms with Gasteiger partial charge in [-0.05, 0) is 6.92 Å². The lowest BCUT2D eigenvalue weighted by molar-refractivity contribution is 0.146. The Balaban J connectivity index is 2.39. The van der Waals surface area contributed by atoms with Gasteiger partial charge in [0, 0.05) is 5.88 Å². The van der Waals surface area contributed by atoms with Crippen LogP contribution in [0.2, 0.25) is 0 Å². The first kappa shape index (κ1) is 7.22. The van der Waals surface area contributed by atoms with Crippen LogP contribution in [0.1, 0.15) is 6.92 Å². The van der Waals surface area contributed by atoms with E-state index >= 15 is 0 Å². The standard InChI is InChI=1S/C5H8ClNOS/c1-4-7-8-3-5(2-6)9-4/h5H,2-3H2,1H3. The molecular weight excluding hydrogens is 158 g/mol. The molecular formula is C5H8ClNOS. The fourth-order valence-corrected chi connectivity index (χ4v) is 1.63. The number of rotatable bonds is 1. The summed E-state index contributed by atoms with van der Waals surface area (Å²) in [4.78, 5) is 4.87. The Labute approximate surface area is 63.6 Å². The van der Waals surface area contributed by atoms with Crippen LogP contribution in [0.15, 0.2) is 5.16 Å². The smallest absolute Gasteiger partial charge is 0.130 e. The lowest BCUT2D eigenvalue weighted by Crippen LogP contribution is -2.18. The molecule has 0 aromatic carbocycles. The van der Waals surface area contributed by atoms with Gasteiger partial charge in [-0.15, -0.1) is 11.6 Å². The molecule has 1 heterocycles. The van der Waals surface area contributed by atoms with Crippen molar-refractivity contribution < 1.29 is 4.84 Å². The van der Waals surface area contributed by atoms with E-state index in [1.54, 1.807) is 11.8 Å². The van der Waals surface area contributed by atoms with E-state index in [9.17, 15) is 0 Å². The predicted molar refractivity (Wildman–Crippen MR) is 41.2 cm³/mol. The molecule has 0 bridgehead atoms. The molecule has 0 saturated heterocycles. The normalized spacial score (nSPS) is 26.9. The second-order valence-electron chi connectivity index (χ2n) is 1.80. The second kappa shape index (κ2) is 3.32. The highest BCUT2D eigenvalue weighted by Gasteiger charge is 2.14. The van der Waals surface area contributed by atoms with Gasteiger partial charge < -0.3 is 4.84 Å². The van der Waals surface area contributed by atoms with E-state index in [4.69, 9.17) is 16.4 Å². The minimum Gasteiger partial charge on any atom is -0.394 e. The maximum Gasteiger partial charge on any atom is 0.130 e. The Kier molecular flexibility index (Phi) is 2.66. The van der Waals surface area contributed by atoms with Crippen LogP contribution in [0.25, 0.3) is 0 Å². The summed E-state index contributed by atoms with van der Waals surface area (Å²) >= 11 is 7.27. The second-order valence-corrected chi connectivity index (χ2v) is 3.60. The molecule has 0 saturated carbocycles. The lowest BCUT2D eigenvalue weighted by Gasteiger charge is -2.15. The van der Waals surface area contributed by atoms with Crippen LogP contribution < -0.4 is 0 Å². The molecule has 0 fully saturated rings. The van der Waals surface area contributed by atoms with Gasteiger partial charge in [0.15, 0.2) is 0 Å². The molecule has 52 valence electrons. The van der Waals surface area contributed by atoms with Gasteiger partial charge in [-0.2, -0.15) is 0 Å². The third kappa shape index (κ3) is 2.06. The Hall–Kier alpha value is 0.110. The van der Waals surface area contributed by atoms with Gasteiger partial charge >= 0.3 is 0 Å². The van der Waals surface area contributed by atoms with Crippen molar-refractivity contribution in [2.24, 2.45) is 5.16 Å². The fourth-order valence-electron chi connectivity index (χ4n) is 0.584. The van der Waals surface area contributed by atoms with Crippen LogP contribution in [0.4, 0.5) is 0 Å². The molecule has 1 aliphatic heterocycles. The van der Waals surface area contributed by atoms with Crippen LogP contribution in [0.3, 0.4) is 0 Å². The number of alkyl halides is 1. The topological polar surface area (TPSA) is 21.6 Å². The van der Waals surface area contributed by atoms with Gasteiger partial charge in [0.25, 0.3) is 0 Å². The van der Waals surface area contributed by atoms with E-state index in [0.29, 0.717) is 17.7 Å². The summed E-state index contributed by atoms with van der Waals surface area (Å²) in [6.07, 6.45) is 0. The molecule has 0 amide bonds. The number of oxime groups is 1. The maximum atomic E-state index is 5.59. The van der Waals surface area contributed by atoms with Crippen LogP contribution in [0.5, 0.6) is 0 Å². The van der Waals surface area contributed by atoms with Gasteiger partial charge in [0.05, 0.1) is 5.25 Å². The first-order valence-electron chi connectivity index (χ1n) is 2.72. The van der Waals surface area contributed by atoms with E-state index in [1.807, 2.05) is 6.92 Å². The molecule has 1 rings (SSSR count). The Morgan fingerprint density at radius 3 is 3.22 bits per heavy atom. The molecule has 0 spiro atoms. The van der Waals surface area contributed by atoms with Gasteiger partial charge in [0.1, 0.15) is 11.7 Å². The summed E-state index contributed by atoms with van der Waals surface area (Å²) in [6, 6.07) is 0. The van der Waals surface area contributed by atoms with Crippen LogP contribution in [-0.2, 0) is 4.84 Å². The molecule has 9 heavy (non-hydrogen) atoms. The Bertz CT molecular complexity index is 128. The molecule has 4 heteroatoms. The largest absolute Gasteiger partial charge is 0.394 e. The summed E-state index contributed by atoms with van der Waals surface area (Å²) in [6.45, 7) is 2.56. The van der Waals surface area contributed by atoms with Crippen molar-refractivity contribution in [3.8, 4) is 0 Å². The number of hydrogen-bond donors (Lipinski definition) is 0. The monoisotopic (exact) mass is 165 g/mol. The SMILES string of the molecule is CC1=NOCC(CCl)S1. The Morgan fingerprint density at radius 1 is 2.00 bits per heavy atom. The third-order valence-corrected chi connectivity index (χ3v) is 2.57. The molecule has 2 nitrogen and oxygen atoms in total. The van der Waals surface area contributed by atoms with Crippen LogP contribution in [0, 0.1) is 0 Å². The lowest BCUT2D eigenvalue weighted by atomic mass is 10.5. The van der Waals surface area contributed by atoms with Crippen molar-refractivity contribution in [2.75, 3.05) is 12.5 Å². The average molecular weight is 166 g/mol. The minimum absolute atomic E-state index is 0.393. The van der Waals surface area contributed by atoms with E-state index in [2.05, 4.69) is 5.16 Å². The van der Waals surface area contributed by atoms with Crippen LogP contribution >= 0.6 is 23.4 Å². The van der Waals surface area contributed by atoms with E-state index in [1.165, 1.54) is 0 Å². The number of nitrogens with zero attached hydrogens (tertiary/aromatic N) is 1. The quantitative estimate of drug-likeness (QED) is 0.552. The molecule has 0 aromatic rings. The predicted octanol–water partition coefficient (Wildman–Crippen LogP) is 1.69. The third-order valence-electron chi connectivity index (χ3n) is 0.963. The maximum absolute atomic E-state index is 5.59. The fraction of sp³-hybridized carbons (Fsp3) is 0.800. The number of halogens is 1. The minimum atomic E-state index is 0.393. The van der Waals surface area contributed by atoms with Gasteiger partial charge in [-0.1, -0.05) is 16.9 Å². The van der Waals surface area contributed by atoms with Crippen molar-refractivity contribution in [1.82, 2.24) is 0 Å². The zero-order chi connectivity index (χ0) is 6.69. The molecule has 0 radical (unpaired) electrons. The van der Waals surface area contributed by atoms with Crippen molar-refractivity contribution in [3.05, 3.63) is 0 Å². The highest BCUT2D eigenvalue weighted by atomic mass is 35.5. The molecule has 1 unspecified atom stereocenters. The van der Waals surface area contributed by atoms with Crippen LogP contribution in [-0.4, -0.2) is 22.8 Å². The highest BCUT2D eigenvalue weighted by molar-refractivity contribution is 8.14. The number of thioether (sulfide) groups is 1. The first-order valence-corrected chi connectivity index (χ1v) is 4.13. The summed E-state index contributed by atoms with van der Waals surface area (Å²) in [5.74, 6) is 0.636. The van der Waals surface area contributed by atoms with Crippen molar-refractivity contribution >= 4 is 28.4 Å². The molecule has 1 aliphatic rings. The molecule has 0 aromatic heterocycles. The van der Waals surface area contributed by atoms with Crippen molar-refractivity contribution in [3.63, 3.8) is 0 Å². The van der Waals surface area contributed by atoms with E-state index in [-0.39, 0.29) is 0 Å². The summed E-state index contributed by atoms with van der Waals surface area (Å²) in [7, 11) is 0. The molecule has 0 aliphatic carbocycles. The summed E-state index contributed by atoms with van der Waals surface area (Å²) in [5.41, 5.74) is 0. The zero-order valence-electron chi connectivity index (χ0n) is 5.13. The number of hydrogen-bond acceptors (Lipinski definition) is 3. The van der Waals surface area contributed by atoms with Gasteiger partial charge in [-0.25, -0.2) is 0 Å². The van der Waals surface area contributed by atoms with Crippen molar-refractivity contribution in [2.45, 2.75) is 12.2 Å². The van der Waals surface area contributed by atoms with Crippen molar-refractivity contribution in [1.29, 1.82) is 0 Å².